The lowest BCUT2D eigenvalue weighted by molar-refractivity contribution is -0.125. The van der Waals surface area contributed by atoms with Crippen LogP contribution in [0.2, 0.25) is 0 Å². The van der Waals surface area contributed by atoms with Gasteiger partial charge >= 0.3 is 5.97 Å². The predicted molar refractivity (Wildman–Crippen MR) is 115 cm³/mol. The van der Waals surface area contributed by atoms with Crippen molar-refractivity contribution in [2.75, 3.05) is 18.6 Å². The number of rotatable bonds is 6. The number of amides is 2. The average molecular weight is 408 g/mol. The first-order valence-electron chi connectivity index (χ1n) is 10.4. The fourth-order valence-corrected chi connectivity index (χ4v) is 3.79. The Hall–Kier alpha value is -3.15. The highest BCUT2D eigenvalue weighted by atomic mass is 16.5. The van der Waals surface area contributed by atoms with Gasteiger partial charge in [0.2, 0.25) is 0 Å². The van der Waals surface area contributed by atoms with Crippen molar-refractivity contribution in [3.63, 3.8) is 0 Å². The van der Waals surface area contributed by atoms with Crippen molar-refractivity contribution >= 4 is 23.5 Å². The number of ether oxygens (including phenoxy) is 1. The summed E-state index contributed by atoms with van der Waals surface area (Å²) < 4.78 is 5.22. The molecule has 0 bridgehead atoms. The van der Waals surface area contributed by atoms with Gasteiger partial charge in [-0.15, -0.1) is 0 Å². The summed E-state index contributed by atoms with van der Waals surface area (Å²) in [5.41, 5.74) is 1.09. The molecule has 2 amide bonds. The van der Waals surface area contributed by atoms with Crippen LogP contribution in [0.25, 0.3) is 0 Å². The molecule has 0 heterocycles. The van der Waals surface area contributed by atoms with E-state index in [1.807, 2.05) is 30.3 Å². The van der Waals surface area contributed by atoms with Crippen LogP contribution < -0.4 is 10.2 Å². The zero-order chi connectivity index (χ0) is 21.5. The van der Waals surface area contributed by atoms with Crippen molar-refractivity contribution in [1.29, 1.82) is 0 Å². The lowest BCUT2D eigenvalue weighted by Gasteiger charge is -2.29. The topological polar surface area (TPSA) is 75.7 Å². The van der Waals surface area contributed by atoms with Crippen molar-refractivity contribution in [1.82, 2.24) is 5.32 Å². The monoisotopic (exact) mass is 408 g/mol. The minimum Gasteiger partial charge on any atom is -0.452 e. The summed E-state index contributed by atoms with van der Waals surface area (Å²) in [6, 6.07) is 15.8. The van der Waals surface area contributed by atoms with E-state index in [0.29, 0.717) is 11.6 Å². The number of para-hydroxylation sites is 1. The Balaban J connectivity index is 1.64. The third kappa shape index (κ3) is 5.26. The van der Waals surface area contributed by atoms with Gasteiger partial charge in [-0.25, -0.2) is 4.79 Å². The van der Waals surface area contributed by atoms with Crippen LogP contribution in [0.15, 0.2) is 54.6 Å². The molecule has 1 N–H and O–H groups in total. The number of anilines is 1. The van der Waals surface area contributed by atoms with Crippen LogP contribution in [0.5, 0.6) is 0 Å². The molecule has 1 aliphatic rings. The molecule has 1 saturated carbocycles. The summed E-state index contributed by atoms with van der Waals surface area (Å²) in [6.45, 7) is 1.76. The van der Waals surface area contributed by atoms with Gasteiger partial charge in [0, 0.05) is 18.8 Å². The normalized spacial score (nSPS) is 18.3. The van der Waals surface area contributed by atoms with Crippen molar-refractivity contribution in [3.05, 3.63) is 65.7 Å². The van der Waals surface area contributed by atoms with Gasteiger partial charge in [0.05, 0.1) is 11.1 Å². The molecular weight excluding hydrogens is 380 g/mol. The van der Waals surface area contributed by atoms with E-state index in [2.05, 4.69) is 12.2 Å². The molecule has 2 aromatic carbocycles. The van der Waals surface area contributed by atoms with Crippen molar-refractivity contribution in [2.45, 2.75) is 38.6 Å². The van der Waals surface area contributed by atoms with Crippen molar-refractivity contribution in [3.8, 4) is 0 Å². The fraction of sp³-hybridized carbons (Fsp3) is 0.375. The molecule has 2 atom stereocenters. The lowest BCUT2D eigenvalue weighted by atomic mass is 9.86. The first-order valence-corrected chi connectivity index (χ1v) is 10.4. The SMILES string of the molecule is C[C@@H]1CCCC[C@@H]1NC(=O)COC(=O)c1ccccc1C(=O)N(C)c1ccccc1. The number of benzene rings is 2. The average Bonchev–Trinajstić information content (AvgIpc) is 2.78. The zero-order valence-corrected chi connectivity index (χ0v) is 17.5. The molecule has 3 rings (SSSR count). The molecule has 0 aliphatic heterocycles. The summed E-state index contributed by atoms with van der Waals surface area (Å²) >= 11 is 0. The summed E-state index contributed by atoms with van der Waals surface area (Å²) in [7, 11) is 1.65. The molecule has 6 nitrogen and oxygen atoms in total. The Kier molecular flexibility index (Phi) is 7.22. The van der Waals surface area contributed by atoms with Crippen molar-refractivity contribution < 1.29 is 19.1 Å². The van der Waals surface area contributed by atoms with Crippen molar-refractivity contribution in [2.24, 2.45) is 5.92 Å². The maximum absolute atomic E-state index is 12.9. The van der Waals surface area contributed by atoms with Gasteiger partial charge in [0.25, 0.3) is 11.8 Å². The molecule has 158 valence electrons. The van der Waals surface area contributed by atoms with Crippen LogP contribution >= 0.6 is 0 Å². The molecule has 0 saturated heterocycles. The fourth-order valence-electron chi connectivity index (χ4n) is 3.79. The van der Waals surface area contributed by atoms with Crippen LogP contribution in [-0.2, 0) is 9.53 Å². The maximum Gasteiger partial charge on any atom is 0.339 e. The number of nitrogens with one attached hydrogen (secondary N) is 1. The number of hydrogen-bond donors (Lipinski definition) is 1. The summed E-state index contributed by atoms with van der Waals surface area (Å²) in [4.78, 5) is 39.3. The third-order valence-electron chi connectivity index (χ3n) is 5.62. The molecule has 0 aromatic heterocycles. The van der Waals surface area contributed by atoms with E-state index in [4.69, 9.17) is 4.74 Å². The summed E-state index contributed by atoms with van der Waals surface area (Å²) in [5.74, 6) is -0.904. The highest BCUT2D eigenvalue weighted by Crippen LogP contribution is 2.23. The summed E-state index contributed by atoms with van der Waals surface area (Å²) in [5, 5.41) is 2.96. The van der Waals surface area contributed by atoms with Gasteiger partial charge < -0.3 is 15.0 Å². The first-order chi connectivity index (χ1) is 14.5. The smallest absolute Gasteiger partial charge is 0.339 e. The van der Waals surface area contributed by atoms with Gasteiger partial charge in [0.1, 0.15) is 0 Å². The Morgan fingerprint density at radius 1 is 0.967 bits per heavy atom. The summed E-state index contributed by atoms with van der Waals surface area (Å²) in [6.07, 6.45) is 4.32. The second-order valence-corrected chi connectivity index (χ2v) is 7.76. The molecule has 6 heteroatoms. The Morgan fingerprint density at radius 3 is 2.30 bits per heavy atom. The minimum absolute atomic E-state index is 0.123. The van der Waals surface area contributed by atoms with Crippen LogP contribution in [0.4, 0.5) is 5.69 Å². The van der Waals surface area contributed by atoms with Crippen LogP contribution in [0, 0.1) is 5.92 Å². The van der Waals surface area contributed by atoms with E-state index in [1.165, 1.54) is 17.4 Å². The minimum atomic E-state index is -0.688. The molecule has 0 spiro atoms. The van der Waals surface area contributed by atoms with E-state index in [9.17, 15) is 14.4 Å². The van der Waals surface area contributed by atoms with E-state index in [0.717, 1.165) is 19.3 Å². The highest BCUT2D eigenvalue weighted by molar-refractivity contribution is 6.12. The molecular formula is C24H28N2O4. The lowest BCUT2D eigenvalue weighted by Crippen LogP contribution is -2.43. The van der Waals surface area contributed by atoms with E-state index in [-0.39, 0.29) is 35.6 Å². The molecule has 30 heavy (non-hydrogen) atoms. The second kappa shape index (κ2) is 10.1. The Labute approximate surface area is 177 Å². The Bertz CT molecular complexity index is 897. The van der Waals surface area contributed by atoms with E-state index in [1.54, 1.807) is 25.2 Å². The van der Waals surface area contributed by atoms with Gasteiger partial charge in [-0.3, -0.25) is 9.59 Å². The van der Waals surface area contributed by atoms with Gasteiger partial charge in [-0.05, 0) is 43.0 Å². The Morgan fingerprint density at radius 2 is 1.60 bits per heavy atom. The molecule has 1 aliphatic carbocycles. The second-order valence-electron chi connectivity index (χ2n) is 7.76. The van der Waals surface area contributed by atoms with Gasteiger partial charge in [-0.1, -0.05) is 50.1 Å². The van der Waals surface area contributed by atoms with Gasteiger partial charge in [0.15, 0.2) is 6.61 Å². The maximum atomic E-state index is 12.9. The first kappa shape index (κ1) is 21.6. The number of carbonyl (C=O) groups excluding carboxylic acids is 3. The quantitative estimate of drug-likeness (QED) is 0.738. The van der Waals surface area contributed by atoms with E-state index >= 15 is 0 Å². The molecule has 0 radical (unpaired) electrons. The van der Waals surface area contributed by atoms with Crippen LogP contribution in [0.1, 0.15) is 53.3 Å². The molecule has 2 aromatic rings. The zero-order valence-electron chi connectivity index (χ0n) is 17.5. The largest absolute Gasteiger partial charge is 0.452 e. The molecule has 0 unspecified atom stereocenters. The number of nitrogens with zero attached hydrogens (tertiary/aromatic N) is 1. The highest BCUT2D eigenvalue weighted by Gasteiger charge is 2.25. The standard InChI is InChI=1S/C24H28N2O4/c1-17-10-6-9-15-21(17)25-22(27)16-30-24(29)20-14-8-7-13-19(20)23(28)26(2)18-11-4-3-5-12-18/h3-5,7-8,11-14,17,21H,6,9-10,15-16H2,1-2H3,(H,25,27)/t17-,21+/m1/s1. The van der Waals surface area contributed by atoms with Crippen LogP contribution in [0.3, 0.4) is 0 Å². The number of carbonyl (C=O) groups is 3. The van der Waals surface area contributed by atoms with Gasteiger partial charge in [-0.2, -0.15) is 0 Å². The third-order valence-corrected chi connectivity index (χ3v) is 5.62. The number of esters is 1. The number of hydrogen-bond acceptors (Lipinski definition) is 4. The molecule has 1 fully saturated rings. The van der Waals surface area contributed by atoms with E-state index < -0.39 is 5.97 Å². The predicted octanol–water partition coefficient (Wildman–Crippen LogP) is 3.81. The van der Waals surface area contributed by atoms with Crippen LogP contribution in [-0.4, -0.2) is 37.5 Å².